The van der Waals surface area contributed by atoms with Crippen LogP contribution in [0, 0.1) is 0 Å². The van der Waals surface area contributed by atoms with E-state index in [1.165, 1.54) is 19.4 Å². The fraction of sp³-hybridized carbons (Fsp3) is 0.0714. The third-order valence-corrected chi connectivity index (χ3v) is 2.36. The van der Waals surface area contributed by atoms with Crippen LogP contribution >= 0.6 is 0 Å². The van der Waals surface area contributed by atoms with Crippen molar-refractivity contribution in [3.05, 3.63) is 54.0 Å². The van der Waals surface area contributed by atoms with Crippen molar-refractivity contribution in [2.45, 2.75) is 6.92 Å². The molecule has 0 aliphatic rings. The standard InChI is InChI=1S/C14H13N3O3/c1-10(18)16-12-6-4-11(5-7-12)9-15-17-14(19)13-3-2-8-20-13/h2-9H,1H3,(H,16,18)(H,17,19). The molecule has 0 atom stereocenters. The second kappa shape index (κ2) is 6.33. The molecule has 2 amide bonds. The molecule has 1 heterocycles. The fourth-order valence-corrected chi connectivity index (χ4v) is 1.48. The van der Waals surface area contributed by atoms with Crippen LogP contribution in [-0.2, 0) is 4.79 Å². The maximum Gasteiger partial charge on any atom is 0.307 e. The first-order chi connectivity index (χ1) is 9.65. The molecule has 0 spiro atoms. The normalized spacial score (nSPS) is 10.4. The molecule has 0 bridgehead atoms. The zero-order chi connectivity index (χ0) is 14.4. The largest absolute Gasteiger partial charge is 0.459 e. The number of furan rings is 1. The zero-order valence-corrected chi connectivity index (χ0v) is 10.8. The molecule has 2 aromatic rings. The van der Waals surface area contributed by atoms with Gasteiger partial charge in [0.25, 0.3) is 0 Å². The van der Waals surface area contributed by atoms with Gasteiger partial charge in [-0.15, -0.1) is 0 Å². The summed E-state index contributed by atoms with van der Waals surface area (Å²) in [6.07, 6.45) is 2.91. The van der Waals surface area contributed by atoms with Gasteiger partial charge in [0.2, 0.25) is 5.91 Å². The highest BCUT2D eigenvalue weighted by Crippen LogP contribution is 2.07. The summed E-state index contributed by atoms with van der Waals surface area (Å²) in [6.45, 7) is 1.44. The fourth-order valence-electron chi connectivity index (χ4n) is 1.48. The zero-order valence-electron chi connectivity index (χ0n) is 10.8. The molecule has 6 heteroatoms. The second-order valence-corrected chi connectivity index (χ2v) is 3.98. The Morgan fingerprint density at radius 2 is 1.95 bits per heavy atom. The quantitative estimate of drug-likeness (QED) is 0.659. The number of nitrogens with one attached hydrogen (secondary N) is 2. The van der Waals surface area contributed by atoms with E-state index in [0.29, 0.717) is 5.69 Å². The molecule has 102 valence electrons. The number of anilines is 1. The van der Waals surface area contributed by atoms with Gasteiger partial charge in [0.15, 0.2) is 5.76 Å². The number of hydrazone groups is 1. The van der Waals surface area contributed by atoms with Gasteiger partial charge < -0.3 is 9.73 Å². The lowest BCUT2D eigenvalue weighted by Crippen LogP contribution is -2.16. The van der Waals surface area contributed by atoms with Crippen molar-refractivity contribution in [3.63, 3.8) is 0 Å². The number of hydrogen-bond acceptors (Lipinski definition) is 4. The first-order valence-corrected chi connectivity index (χ1v) is 5.90. The average Bonchev–Trinajstić information content (AvgIpc) is 2.94. The van der Waals surface area contributed by atoms with E-state index in [9.17, 15) is 9.59 Å². The Bertz CT molecular complexity index is 616. The first-order valence-electron chi connectivity index (χ1n) is 5.90. The summed E-state index contributed by atoms with van der Waals surface area (Å²) < 4.78 is 4.92. The van der Waals surface area contributed by atoms with Crippen molar-refractivity contribution < 1.29 is 14.0 Å². The summed E-state index contributed by atoms with van der Waals surface area (Å²) in [5.74, 6) is -0.346. The lowest BCUT2D eigenvalue weighted by atomic mass is 10.2. The molecular weight excluding hydrogens is 258 g/mol. The molecule has 0 aliphatic carbocycles. The number of amides is 2. The molecule has 0 saturated carbocycles. The highest BCUT2D eigenvalue weighted by molar-refractivity contribution is 5.92. The van der Waals surface area contributed by atoms with Crippen LogP contribution < -0.4 is 10.7 Å². The lowest BCUT2D eigenvalue weighted by molar-refractivity contribution is -0.114. The summed E-state index contributed by atoms with van der Waals surface area (Å²) in [7, 11) is 0. The predicted octanol–water partition coefficient (Wildman–Crippen LogP) is 2.00. The minimum absolute atomic E-state index is 0.128. The van der Waals surface area contributed by atoms with E-state index in [4.69, 9.17) is 4.42 Å². The number of nitrogens with zero attached hydrogens (tertiary/aromatic N) is 1. The first kappa shape index (κ1) is 13.5. The lowest BCUT2D eigenvalue weighted by Gasteiger charge is -2.01. The number of hydrogen-bond donors (Lipinski definition) is 2. The smallest absolute Gasteiger partial charge is 0.307 e. The van der Waals surface area contributed by atoms with E-state index in [2.05, 4.69) is 15.8 Å². The van der Waals surface area contributed by atoms with Crippen LogP contribution in [-0.4, -0.2) is 18.0 Å². The molecule has 0 radical (unpaired) electrons. The molecule has 0 fully saturated rings. The third kappa shape index (κ3) is 3.81. The van der Waals surface area contributed by atoms with Crippen molar-refractivity contribution in [2.24, 2.45) is 5.10 Å². The van der Waals surface area contributed by atoms with Crippen molar-refractivity contribution in [3.8, 4) is 0 Å². The maximum atomic E-state index is 11.5. The average molecular weight is 271 g/mol. The minimum atomic E-state index is -0.416. The molecule has 2 N–H and O–H groups in total. The second-order valence-electron chi connectivity index (χ2n) is 3.98. The number of carbonyl (C=O) groups is 2. The SMILES string of the molecule is CC(=O)Nc1ccc(C=NNC(=O)c2ccco2)cc1. The number of benzene rings is 1. The van der Waals surface area contributed by atoms with E-state index in [1.54, 1.807) is 36.4 Å². The number of rotatable bonds is 4. The van der Waals surface area contributed by atoms with Crippen molar-refractivity contribution >= 4 is 23.7 Å². The van der Waals surface area contributed by atoms with Gasteiger partial charge in [-0.05, 0) is 29.8 Å². The van der Waals surface area contributed by atoms with Gasteiger partial charge in [-0.25, -0.2) is 5.43 Å². The van der Waals surface area contributed by atoms with E-state index in [-0.39, 0.29) is 11.7 Å². The molecule has 6 nitrogen and oxygen atoms in total. The van der Waals surface area contributed by atoms with Crippen LogP contribution in [0.25, 0.3) is 0 Å². The molecule has 0 saturated heterocycles. The molecule has 0 unspecified atom stereocenters. The number of carbonyl (C=O) groups excluding carboxylic acids is 2. The molecule has 1 aromatic heterocycles. The van der Waals surface area contributed by atoms with Crippen LogP contribution in [0.15, 0.2) is 52.2 Å². The van der Waals surface area contributed by atoms with E-state index >= 15 is 0 Å². The van der Waals surface area contributed by atoms with Gasteiger partial charge in [-0.2, -0.15) is 5.10 Å². The van der Waals surface area contributed by atoms with Crippen molar-refractivity contribution in [2.75, 3.05) is 5.32 Å². The van der Waals surface area contributed by atoms with Gasteiger partial charge in [-0.3, -0.25) is 9.59 Å². The van der Waals surface area contributed by atoms with Gasteiger partial charge in [-0.1, -0.05) is 12.1 Å². The van der Waals surface area contributed by atoms with E-state index in [0.717, 1.165) is 5.56 Å². The van der Waals surface area contributed by atoms with Crippen LogP contribution in [0.5, 0.6) is 0 Å². The van der Waals surface area contributed by atoms with Crippen LogP contribution in [0.2, 0.25) is 0 Å². The van der Waals surface area contributed by atoms with Crippen LogP contribution in [0.3, 0.4) is 0 Å². The predicted molar refractivity (Wildman–Crippen MR) is 74.5 cm³/mol. The summed E-state index contributed by atoms with van der Waals surface area (Å²) >= 11 is 0. The Morgan fingerprint density at radius 1 is 1.20 bits per heavy atom. The molecule has 1 aromatic carbocycles. The Hall–Kier alpha value is -2.89. The summed E-state index contributed by atoms with van der Waals surface area (Å²) in [5, 5.41) is 6.48. The molecule has 20 heavy (non-hydrogen) atoms. The van der Waals surface area contributed by atoms with E-state index in [1.807, 2.05) is 0 Å². The highest BCUT2D eigenvalue weighted by Gasteiger charge is 2.05. The highest BCUT2D eigenvalue weighted by atomic mass is 16.3. The van der Waals surface area contributed by atoms with Gasteiger partial charge in [0.05, 0.1) is 12.5 Å². The summed E-state index contributed by atoms with van der Waals surface area (Å²) in [6, 6.07) is 10.2. The Balaban J connectivity index is 1.91. The van der Waals surface area contributed by atoms with E-state index < -0.39 is 5.91 Å². The Morgan fingerprint density at radius 3 is 2.55 bits per heavy atom. The van der Waals surface area contributed by atoms with Crippen LogP contribution in [0.4, 0.5) is 5.69 Å². The molecule has 2 rings (SSSR count). The Kier molecular flexibility index (Phi) is 4.28. The van der Waals surface area contributed by atoms with Crippen molar-refractivity contribution in [1.82, 2.24) is 5.43 Å². The minimum Gasteiger partial charge on any atom is -0.459 e. The topological polar surface area (TPSA) is 83.7 Å². The van der Waals surface area contributed by atoms with Crippen molar-refractivity contribution in [1.29, 1.82) is 0 Å². The molecule has 0 aliphatic heterocycles. The van der Waals surface area contributed by atoms with Gasteiger partial charge in [0.1, 0.15) is 0 Å². The van der Waals surface area contributed by atoms with Crippen LogP contribution in [0.1, 0.15) is 23.0 Å². The summed E-state index contributed by atoms with van der Waals surface area (Å²) in [4.78, 5) is 22.4. The molecular formula is C14H13N3O3. The maximum absolute atomic E-state index is 11.5. The summed E-state index contributed by atoms with van der Waals surface area (Å²) in [5.41, 5.74) is 3.84. The van der Waals surface area contributed by atoms with Gasteiger partial charge in [0, 0.05) is 12.6 Å². The third-order valence-electron chi connectivity index (χ3n) is 2.36. The van der Waals surface area contributed by atoms with Gasteiger partial charge >= 0.3 is 5.91 Å². The Labute approximate surface area is 115 Å². The monoisotopic (exact) mass is 271 g/mol.